The summed E-state index contributed by atoms with van der Waals surface area (Å²) in [5.74, 6) is -0.879. The number of rotatable bonds is 3. The number of aromatic hydroxyl groups is 1. The molecule has 0 fully saturated rings. The molecule has 0 unspecified atom stereocenters. The van der Waals surface area contributed by atoms with Crippen LogP contribution >= 0.6 is 67.8 Å². The molecule has 10 heteroatoms. The summed E-state index contributed by atoms with van der Waals surface area (Å²) in [5, 5.41) is 9.96. The largest absolute Gasteiger partial charge is 0.744 e. The van der Waals surface area contributed by atoms with E-state index in [9.17, 15) is 22.9 Å². The Bertz CT molecular complexity index is 895. The maximum atomic E-state index is 12.2. The topological polar surface area (TPSA) is 104 Å². The molecule has 0 spiro atoms. The van der Waals surface area contributed by atoms with Gasteiger partial charge in [0.1, 0.15) is 27.2 Å². The molecule has 0 aliphatic rings. The van der Waals surface area contributed by atoms with Crippen LogP contribution in [0.15, 0.2) is 35.2 Å². The van der Waals surface area contributed by atoms with Crippen LogP contribution in [0, 0.1) is 10.7 Å². The van der Waals surface area contributed by atoms with Gasteiger partial charge in [0.05, 0.1) is 12.0 Å². The maximum Gasteiger partial charge on any atom is 0.347 e. The number of halogens is 3. The molecule has 0 aliphatic carbocycles. The van der Waals surface area contributed by atoms with Gasteiger partial charge in [-0.15, -0.1) is 0 Å². The number of ether oxygens (including phenoxy) is 1. The van der Waals surface area contributed by atoms with Crippen LogP contribution in [-0.4, -0.2) is 24.0 Å². The van der Waals surface area contributed by atoms with Crippen molar-refractivity contribution in [2.75, 3.05) is 0 Å². The number of carbonyl (C=O) groups excluding carboxylic acids is 1. The van der Waals surface area contributed by atoms with Crippen LogP contribution in [0.2, 0.25) is 0 Å². The van der Waals surface area contributed by atoms with E-state index in [0.717, 1.165) is 15.7 Å². The van der Waals surface area contributed by atoms with Crippen LogP contribution in [-0.2, 0) is 10.1 Å². The zero-order chi connectivity index (χ0) is 17.4. The van der Waals surface area contributed by atoms with E-state index in [1.165, 1.54) is 12.1 Å². The third-order valence-electron chi connectivity index (χ3n) is 2.64. The molecule has 0 amide bonds. The summed E-state index contributed by atoms with van der Waals surface area (Å²) >= 11 is 5.65. The summed E-state index contributed by atoms with van der Waals surface area (Å²) in [7, 11) is -4.58. The van der Waals surface area contributed by atoms with Gasteiger partial charge in [0.25, 0.3) is 0 Å². The van der Waals surface area contributed by atoms with Crippen LogP contribution in [0.3, 0.4) is 0 Å². The van der Waals surface area contributed by atoms with E-state index >= 15 is 0 Å². The monoisotopic (exact) mass is 671 g/mol. The van der Waals surface area contributed by atoms with Crippen molar-refractivity contribution in [3.8, 4) is 11.5 Å². The van der Waals surface area contributed by atoms with Crippen LogP contribution in [0.5, 0.6) is 11.5 Å². The fourth-order valence-electron chi connectivity index (χ4n) is 1.60. The van der Waals surface area contributed by atoms with Gasteiger partial charge in [-0.3, -0.25) is 0 Å². The summed E-state index contributed by atoms with van der Waals surface area (Å²) in [6.07, 6.45) is 0. The number of carbonyl (C=O) groups is 1. The Hall–Kier alpha value is -0.190. The zero-order valence-corrected chi connectivity index (χ0v) is 18.2. The highest BCUT2D eigenvalue weighted by Crippen LogP contribution is 2.30. The van der Waals surface area contributed by atoms with Crippen molar-refractivity contribution in [2.24, 2.45) is 0 Å². The SMILES string of the molecule is O=C(Oc1ccc(S(=O)(=O)[O-])cc1I)c1cc(I)cc(I)c1O. The number of phenolic OH excluding ortho intramolecular Hbond substituents is 1. The van der Waals surface area contributed by atoms with E-state index in [1.807, 2.05) is 45.2 Å². The van der Waals surface area contributed by atoms with Gasteiger partial charge in [-0.25, -0.2) is 13.2 Å². The molecule has 0 saturated carbocycles. The predicted octanol–water partition coefficient (Wildman–Crippen LogP) is 3.33. The fraction of sp³-hybridized carbons (Fsp3) is 0. The highest BCUT2D eigenvalue weighted by molar-refractivity contribution is 14.1. The Morgan fingerprint density at radius 3 is 2.30 bits per heavy atom. The Morgan fingerprint density at radius 2 is 1.74 bits per heavy atom. The molecule has 122 valence electrons. The van der Waals surface area contributed by atoms with Gasteiger partial charge in [-0.05, 0) is 98.1 Å². The molecule has 0 bridgehead atoms. The summed E-state index contributed by atoms with van der Waals surface area (Å²) in [6.45, 7) is 0. The second-order valence-electron chi connectivity index (χ2n) is 4.22. The first-order valence-electron chi connectivity index (χ1n) is 5.75. The molecule has 0 heterocycles. The molecule has 2 aromatic rings. The molecular formula is C13H6I3O6S-. The maximum absolute atomic E-state index is 12.2. The van der Waals surface area contributed by atoms with Gasteiger partial charge < -0.3 is 14.4 Å². The van der Waals surface area contributed by atoms with Crippen LogP contribution in [0.25, 0.3) is 0 Å². The van der Waals surface area contributed by atoms with Gasteiger partial charge in [-0.1, -0.05) is 0 Å². The summed E-state index contributed by atoms with van der Waals surface area (Å²) < 4.78 is 39.6. The van der Waals surface area contributed by atoms with Gasteiger partial charge in [0.2, 0.25) is 0 Å². The number of esters is 1. The minimum absolute atomic E-state index is 0.00220. The van der Waals surface area contributed by atoms with E-state index < -0.39 is 21.0 Å². The number of hydrogen-bond acceptors (Lipinski definition) is 6. The lowest BCUT2D eigenvalue weighted by molar-refractivity contribution is 0.0730. The molecule has 23 heavy (non-hydrogen) atoms. The molecule has 0 atom stereocenters. The molecule has 0 aliphatic heterocycles. The lowest BCUT2D eigenvalue weighted by Gasteiger charge is -2.11. The third-order valence-corrected chi connectivity index (χ3v) is 5.76. The second-order valence-corrected chi connectivity index (χ2v) is 9.17. The lowest BCUT2D eigenvalue weighted by atomic mass is 10.2. The first-order valence-corrected chi connectivity index (χ1v) is 10.4. The minimum atomic E-state index is -4.58. The number of benzene rings is 2. The van der Waals surface area contributed by atoms with Crippen molar-refractivity contribution < 1.29 is 27.6 Å². The normalized spacial score (nSPS) is 11.3. The average Bonchev–Trinajstić information content (AvgIpc) is 2.43. The Labute approximate surface area is 172 Å². The van der Waals surface area contributed by atoms with Crippen molar-refractivity contribution >= 4 is 83.9 Å². The van der Waals surface area contributed by atoms with Gasteiger partial charge in [0, 0.05) is 3.57 Å². The van der Waals surface area contributed by atoms with Gasteiger partial charge in [-0.2, -0.15) is 0 Å². The van der Waals surface area contributed by atoms with Crippen molar-refractivity contribution in [2.45, 2.75) is 4.90 Å². The van der Waals surface area contributed by atoms with E-state index in [0.29, 0.717) is 3.57 Å². The van der Waals surface area contributed by atoms with Gasteiger partial charge >= 0.3 is 5.97 Å². The fourth-order valence-corrected chi connectivity index (χ4v) is 4.77. The number of phenols is 1. The highest BCUT2D eigenvalue weighted by atomic mass is 127. The third kappa shape index (κ3) is 4.67. The predicted molar refractivity (Wildman–Crippen MR) is 106 cm³/mol. The first-order chi connectivity index (χ1) is 10.6. The minimum Gasteiger partial charge on any atom is -0.744 e. The number of hydrogen-bond donors (Lipinski definition) is 1. The highest BCUT2D eigenvalue weighted by Gasteiger charge is 2.18. The zero-order valence-electron chi connectivity index (χ0n) is 10.9. The second kappa shape index (κ2) is 7.37. The smallest absolute Gasteiger partial charge is 0.347 e. The summed E-state index contributed by atoms with van der Waals surface area (Å²) in [4.78, 5) is 11.8. The summed E-state index contributed by atoms with van der Waals surface area (Å²) in [5.41, 5.74) is -0.00220. The van der Waals surface area contributed by atoms with Crippen LogP contribution in [0.1, 0.15) is 10.4 Å². The standard InChI is InChI=1S/C13H7I3O6S/c14-6-3-8(12(17)10(16)4-6)13(18)22-11-2-1-7(5-9(11)15)23(19,20)21/h1-5,17H,(H,19,20,21)/p-1. The Morgan fingerprint density at radius 1 is 1.09 bits per heavy atom. The lowest BCUT2D eigenvalue weighted by Crippen LogP contribution is -2.11. The van der Waals surface area contributed by atoms with E-state index in [-0.39, 0.29) is 20.6 Å². The van der Waals surface area contributed by atoms with Crippen molar-refractivity contribution in [3.05, 3.63) is 46.6 Å². The van der Waals surface area contributed by atoms with E-state index in [4.69, 9.17) is 4.74 Å². The van der Waals surface area contributed by atoms with Crippen LogP contribution < -0.4 is 4.74 Å². The Balaban J connectivity index is 2.35. The average molecular weight is 671 g/mol. The molecule has 0 aromatic heterocycles. The molecule has 0 radical (unpaired) electrons. The molecule has 2 rings (SSSR count). The van der Waals surface area contributed by atoms with Crippen molar-refractivity contribution in [3.63, 3.8) is 0 Å². The summed E-state index contributed by atoms with van der Waals surface area (Å²) in [6, 6.07) is 6.57. The van der Waals surface area contributed by atoms with Crippen LogP contribution in [0.4, 0.5) is 0 Å². The van der Waals surface area contributed by atoms with E-state index in [2.05, 4.69) is 0 Å². The van der Waals surface area contributed by atoms with E-state index in [1.54, 1.807) is 28.7 Å². The van der Waals surface area contributed by atoms with Crippen molar-refractivity contribution in [1.29, 1.82) is 0 Å². The molecule has 1 N–H and O–H groups in total. The Kier molecular flexibility index (Phi) is 6.13. The van der Waals surface area contributed by atoms with Gasteiger partial charge in [0.15, 0.2) is 0 Å². The quantitative estimate of drug-likeness (QED) is 0.233. The first kappa shape index (κ1) is 19.1. The van der Waals surface area contributed by atoms with Crippen molar-refractivity contribution in [1.82, 2.24) is 0 Å². The molecular weight excluding hydrogens is 665 g/mol. The molecule has 0 saturated heterocycles. The molecule has 2 aromatic carbocycles. The molecule has 6 nitrogen and oxygen atoms in total.